The zero-order valence-corrected chi connectivity index (χ0v) is 13.8. The molecule has 8 heteroatoms. The van der Waals surface area contributed by atoms with Crippen molar-refractivity contribution < 1.29 is 17.6 Å². The van der Waals surface area contributed by atoms with Crippen LogP contribution in [-0.4, -0.2) is 50.7 Å². The second-order valence-corrected chi connectivity index (χ2v) is 7.68. The smallest absolute Gasteiger partial charge is 0.245 e. The maximum atomic E-state index is 12.5. The molecule has 0 aromatic heterocycles. The maximum Gasteiger partial charge on any atom is 0.245 e. The highest BCUT2D eigenvalue weighted by Gasteiger charge is 2.39. The predicted octanol–water partition coefficient (Wildman–Crippen LogP) is 2.07. The number of alkyl halides is 1. The molecule has 1 aliphatic heterocycles. The summed E-state index contributed by atoms with van der Waals surface area (Å²) in [5.74, 6) is -0.602. The summed E-state index contributed by atoms with van der Waals surface area (Å²) in [6, 6.07) is 6.17. The first kappa shape index (κ1) is 17.2. The monoisotopic (exact) mass is 348 g/mol. The van der Waals surface area contributed by atoms with Crippen LogP contribution in [0, 0.1) is 0 Å². The van der Waals surface area contributed by atoms with Crippen LogP contribution in [0.25, 0.3) is 0 Å². The zero-order chi connectivity index (χ0) is 16.3. The Hall–Kier alpha value is -1.18. The number of halogens is 2. The lowest BCUT2D eigenvalue weighted by molar-refractivity contribution is -0.120. The van der Waals surface area contributed by atoms with Crippen LogP contribution in [0.1, 0.15) is 12.8 Å². The first-order valence-corrected chi connectivity index (χ1v) is 8.95. The molecule has 0 radical (unpaired) electrons. The summed E-state index contributed by atoms with van der Waals surface area (Å²) in [7, 11) is -2.27. The minimum atomic E-state index is -3.64. The van der Waals surface area contributed by atoms with Crippen molar-refractivity contribution in [3.8, 4) is 0 Å². The van der Waals surface area contributed by atoms with Gasteiger partial charge >= 0.3 is 0 Å². The highest BCUT2D eigenvalue weighted by atomic mass is 35.5. The summed E-state index contributed by atoms with van der Waals surface area (Å²) < 4.78 is 37.4. The highest BCUT2D eigenvalue weighted by molar-refractivity contribution is 7.89. The van der Waals surface area contributed by atoms with Gasteiger partial charge in [-0.1, -0.05) is 23.7 Å². The number of sulfonamides is 1. The van der Waals surface area contributed by atoms with Gasteiger partial charge in [-0.05, 0) is 25.0 Å². The lowest BCUT2D eigenvalue weighted by Crippen LogP contribution is -2.43. The number of nitrogens with zero attached hydrogens (tertiary/aromatic N) is 2. The molecule has 5 nitrogen and oxygen atoms in total. The third-order valence-corrected chi connectivity index (χ3v) is 5.99. The number of anilines is 1. The Bertz CT molecular complexity index is 653. The first-order valence-electron chi connectivity index (χ1n) is 6.96. The number of amides is 1. The zero-order valence-electron chi connectivity index (χ0n) is 12.2. The van der Waals surface area contributed by atoms with Crippen LogP contribution < -0.4 is 4.90 Å². The van der Waals surface area contributed by atoms with Crippen molar-refractivity contribution in [1.29, 1.82) is 0 Å². The molecule has 1 fully saturated rings. The molecule has 1 saturated heterocycles. The van der Waals surface area contributed by atoms with Gasteiger partial charge in [0.05, 0.1) is 23.1 Å². The largest absolute Gasteiger partial charge is 0.309 e. The van der Waals surface area contributed by atoms with Crippen molar-refractivity contribution in [1.82, 2.24) is 4.31 Å². The summed E-state index contributed by atoms with van der Waals surface area (Å²) in [5.41, 5.74) is 0.575. The van der Waals surface area contributed by atoms with Crippen LogP contribution in [0.2, 0.25) is 5.02 Å². The van der Waals surface area contributed by atoms with Gasteiger partial charge in [0.2, 0.25) is 15.9 Å². The third-order valence-electron chi connectivity index (χ3n) is 3.73. The molecule has 1 aromatic carbocycles. The maximum absolute atomic E-state index is 12.5. The van der Waals surface area contributed by atoms with E-state index in [0.29, 0.717) is 23.7 Å². The van der Waals surface area contributed by atoms with Gasteiger partial charge in [0.1, 0.15) is 6.04 Å². The van der Waals surface area contributed by atoms with Gasteiger partial charge in [-0.25, -0.2) is 8.42 Å². The molecule has 2 rings (SSSR count). The summed E-state index contributed by atoms with van der Waals surface area (Å²) in [4.78, 5) is 14.0. The number of hydrogen-bond acceptors (Lipinski definition) is 3. The number of rotatable bonds is 6. The number of para-hydroxylation sites is 1. The normalized spacial score (nSPS) is 19.2. The van der Waals surface area contributed by atoms with Crippen LogP contribution in [-0.2, 0) is 14.8 Å². The van der Waals surface area contributed by atoms with Crippen LogP contribution in [0.15, 0.2) is 24.3 Å². The van der Waals surface area contributed by atoms with E-state index in [1.807, 2.05) is 0 Å². The second kappa shape index (κ2) is 6.93. The fourth-order valence-corrected chi connectivity index (χ4v) is 4.07. The Balaban J connectivity index is 2.16. The number of likely N-dealkylation sites (N-methyl/N-ethyl adjacent to an activating group) is 1. The molecular weight excluding hydrogens is 331 g/mol. The van der Waals surface area contributed by atoms with Crippen LogP contribution in [0.3, 0.4) is 0 Å². The Kier molecular flexibility index (Phi) is 5.41. The van der Waals surface area contributed by atoms with Crippen LogP contribution in [0.5, 0.6) is 0 Å². The molecule has 0 aliphatic carbocycles. The van der Waals surface area contributed by atoms with E-state index >= 15 is 0 Å². The van der Waals surface area contributed by atoms with Gasteiger partial charge < -0.3 is 4.90 Å². The molecule has 1 aliphatic rings. The molecular formula is C14H18ClFN2O3S. The topological polar surface area (TPSA) is 57.7 Å². The van der Waals surface area contributed by atoms with Crippen LogP contribution >= 0.6 is 11.6 Å². The van der Waals surface area contributed by atoms with Gasteiger partial charge in [-0.2, -0.15) is 4.31 Å². The summed E-state index contributed by atoms with van der Waals surface area (Å²) >= 11 is 6.09. The van der Waals surface area contributed by atoms with E-state index in [2.05, 4.69) is 0 Å². The Morgan fingerprint density at radius 2 is 2.09 bits per heavy atom. The van der Waals surface area contributed by atoms with E-state index in [0.717, 1.165) is 4.31 Å². The molecule has 0 unspecified atom stereocenters. The minimum Gasteiger partial charge on any atom is -0.309 e. The van der Waals surface area contributed by atoms with Gasteiger partial charge in [0, 0.05) is 13.6 Å². The average molecular weight is 349 g/mol. The Labute approximate surface area is 134 Å². The fourth-order valence-electron chi connectivity index (χ4n) is 2.49. The average Bonchev–Trinajstić information content (AvgIpc) is 2.86. The van der Waals surface area contributed by atoms with E-state index in [1.165, 1.54) is 11.9 Å². The summed E-state index contributed by atoms with van der Waals surface area (Å²) in [6.45, 7) is -0.298. The predicted molar refractivity (Wildman–Crippen MR) is 84.4 cm³/mol. The molecule has 122 valence electrons. The molecule has 1 heterocycles. The number of carbonyl (C=O) groups is 1. The Morgan fingerprint density at radius 3 is 2.73 bits per heavy atom. The molecule has 22 heavy (non-hydrogen) atoms. The minimum absolute atomic E-state index is 0.0676. The van der Waals surface area contributed by atoms with Gasteiger partial charge in [-0.3, -0.25) is 9.18 Å². The molecule has 0 bridgehead atoms. The quantitative estimate of drug-likeness (QED) is 0.790. The number of carbonyl (C=O) groups excluding carboxylic acids is 1. The molecule has 0 spiro atoms. The van der Waals surface area contributed by atoms with Gasteiger partial charge in [0.25, 0.3) is 0 Å². The van der Waals surface area contributed by atoms with E-state index < -0.39 is 22.7 Å². The lowest BCUT2D eigenvalue weighted by atomic mass is 10.2. The standard InChI is InChI=1S/C14H18ClFN2O3S/c1-17(22(20,21)10-4-8-16)13-7-9-18(14(13)19)12-6-3-2-5-11(12)15/h2-3,5-6,13H,4,7-10H2,1H3/t13-/m1/s1. The highest BCUT2D eigenvalue weighted by Crippen LogP contribution is 2.30. The number of hydrogen-bond donors (Lipinski definition) is 0. The van der Waals surface area contributed by atoms with Crippen molar-refractivity contribution in [2.75, 3.05) is 30.9 Å². The van der Waals surface area contributed by atoms with E-state index in [9.17, 15) is 17.6 Å². The lowest BCUT2D eigenvalue weighted by Gasteiger charge is -2.23. The van der Waals surface area contributed by atoms with E-state index in [-0.39, 0.29) is 18.1 Å². The van der Waals surface area contributed by atoms with Crippen molar-refractivity contribution in [2.24, 2.45) is 0 Å². The SMILES string of the molecule is CN([C@@H]1CCN(c2ccccc2Cl)C1=O)S(=O)(=O)CCCF. The molecule has 0 saturated carbocycles. The van der Waals surface area contributed by atoms with E-state index in [4.69, 9.17) is 11.6 Å². The van der Waals surface area contributed by atoms with Crippen molar-refractivity contribution >= 4 is 33.2 Å². The van der Waals surface area contributed by atoms with Crippen molar-refractivity contribution in [3.05, 3.63) is 29.3 Å². The van der Waals surface area contributed by atoms with Crippen molar-refractivity contribution in [2.45, 2.75) is 18.9 Å². The van der Waals surface area contributed by atoms with Gasteiger partial charge in [0.15, 0.2) is 0 Å². The molecule has 1 amide bonds. The summed E-state index contributed by atoms with van der Waals surface area (Å²) in [6.07, 6.45) is 0.317. The number of benzene rings is 1. The van der Waals surface area contributed by atoms with Crippen molar-refractivity contribution in [3.63, 3.8) is 0 Å². The fraction of sp³-hybridized carbons (Fsp3) is 0.500. The third kappa shape index (κ3) is 3.42. The molecule has 1 aromatic rings. The second-order valence-electron chi connectivity index (χ2n) is 5.12. The molecule has 1 atom stereocenters. The van der Waals surface area contributed by atoms with Crippen LogP contribution in [0.4, 0.5) is 10.1 Å². The summed E-state index contributed by atoms with van der Waals surface area (Å²) in [5, 5.41) is 0.444. The van der Waals surface area contributed by atoms with Gasteiger partial charge in [-0.15, -0.1) is 0 Å². The first-order chi connectivity index (χ1) is 10.4. The van der Waals surface area contributed by atoms with E-state index in [1.54, 1.807) is 24.3 Å². The Morgan fingerprint density at radius 1 is 1.41 bits per heavy atom. The molecule has 0 N–H and O–H groups in total.